The monoisotopic (exact) mass is 344 g/mol. The van der Waals surface area contributed by atoms with E-state index in [0.29, 0.717) is 38.6 Å². The van der Waals surface area contributed by atoms with Crippen molar-refractivity contribution in [3.05, 3.63) is 24.3 Å². The van der Waals surface area contributed by atoms with Gasteiger partial charge in [-0.2, -0.15) is 0 Å². The van der Waals surface area contributed by atoms with Gasteiger partial charge in [-0.15, -0.1) is 0 Å². The minimum Gasteiger partial charge on any atom is -0.476 e. The van der Waals surface area contributed by atoms with Crippen molar-refractivity contribution in [1.82, 2.24) is 4.90 Å². The van der Waals surface area contributed by atoms with Crippen LogP contribution in [0.2, 0.25) is 0 Å². The van der Waals surface area contributed by atoms with Crippen molar-refractivity contribution in [2.24, 2.45) is 5.92 Å². The van der Waals surface area contributed by atoms with E-state index in [0.717, 1.165) is 31.4 Å². The highest BCUT2D eigenvalue weighted by Gasteiger charge is 2.38. The average Bonchev–Trinajstić information content (AvgIpc) is 3.21. The summed E-state index contributed by atoms with van der Waals surface area (Å²) in [6.07, 6.45) is 3.47. The van der Waals surface area contributed by atoms with Crippen LogP contribution in [0.1, 0.15) is 25.7 Å². The number of carbonyl (C=O) groups excluding carboxylic acids is 2. The van der Waals surface area contributed by atoms with Gasteiger partial charge in [-0.1, -0.05) is 25.0 Å². The number of hydrogen-bond acceptors (Lipinski definition) is 4. The molecule has 1 aromatic carbocycles. The zero-order chi connectivity index (χ0) is 17.2. The SMILES string of the molecule is O=C([C@H]1CN(C(=O)C2CCCC2)c2ccccc2O1)N1CCOCC1. The maximum Gasteiger partial charge on any atom is 0.265 e. The Kier molecular flexibility index (Phi) is 4.61. The normalized spacial score (nSPS) is 23.9. The molecule has 1 aliphatic carbocycles. The number of amides is 2. The van der Waals surface area contributed by atoms with Gasteiger partial charge in [-0.3, -0.25) is 9.59 Å². The minimum absolute atomic E-state index is 0.0537. The summed E-state index contributed by atoms with van der Waals surface area (Å²) in [4.78, 5) is 29.4. The third-order valence-electron chi connectivity index (χ3n) is 5.34. The third kappa shape index (κ3) is 3.23. The van der Waals surface area contributed by atoms with Gasteiger partial charge in [-0.05, 0) is 25.0 Å². The van der Waals surface area contributed by atoms with Crippen molar-refractivity contribution >= 4 is 17.5 Å². The summed E-state index contributed by atoms with van der Waals surface area (Å²) < 4.78 is 11.3. The summed E-state index contributed by atoms with van der Waals surface area (Å²) in [7, 11) is 0. The van der Waals surface area contributed by atoms with Crippen LogP contribution >= 0.6 is 0 Å². The van der Waals surface area contributed by atoms with Gasteiger partial charge in [0.05, 0.1) is 25.4 Å². The molecule has 0 radical (unpaired) electrons. The summed E-state index contributed by atoms with van der Waals surface area (Å²) in [6, 6.07) is 7.51. The highest BCUT2D eigenvalue weighted by molar-refractivity contribution is 5.98. The van der Waals surface area contributed by atoms with Crippen LogP contribution in [0.4, 0.5) is 5.69 Å². The fraction of sp³-hybridized carbons (Fsp3) is 0.579. The number of morpholine rings is 1. The number of fused-ring (bicyclic) bond motifs is 1. The second-order valence-corrected chi connectivity index (χ2v) is 6.94. The third-order valence-corrected chi connectivity index (χ3v) is 5.34. The van der Waals surface area contributed by atoms with Crippen molar-refractivity contribution in [2.45, 2.75) is 31.8 Å². The molecule has 6 heteroatoms. The van der Waals surface area contributed by atoms with Crippen molar-refractivity contribution in [3.63, 3.8) is 0 Å². The number of benzene rings is 1. The van der Waals surface area contributed by atoms with Gasteiger partial charge in [-0.25, -0.2) is 0 Å². The van der Waals surface area contributed by atoms with E-state index in [-0.39, 0.29) is 17.7 Å². The molecule has 134 valence electrons. The van der Waals surface area contributed by atoms with Gasteiger partial charge in [0.15, 0.2) is 6.10 Å². The standard InChI is InChI=1S/C19H24N2O4/c22-18(14-5-1-2-6-14)21-13-17(19(23)20-9-11-24-12-10-20)25-16-8-4-3-7-15(16)21/h3-4,7-8,14,17H,1-2,5-6,9-13H2/t17-/m1/s1. The largest absolute Gasteiger partial charge is 0.476 e. The van der Waals surface area contributed by atoms with Crippen LogP contribution in [0, 0.1) is 5.92 Å². The molecule has 2 heterocycles. The molecule has 2 fully saturated rings. The molecular weight excluding hydrogens is 320 g/mol. The van der Waals surface area contributed by atoms with Gasteiger partial charge in [0.1, 0.15) is 5.75 Å². The Hall–Kier alpha value is -2.08. The summed E-state index contributed by atoms with van der Waals surface area (Å²) in [5.74, 6) is 0.770. The van der Waals surface area contributed by atoms with E-state index >= 15 is 0 Å². The maximum atomic E-state index is 13.0. The zero-order valence-electron chi connectivity index (χ0n) is 14.4. The Labute approximate surface area is 147 Å². The number of ether oxygens (including phenoxy) is 2. The van der Waals surface area contributed by atoms with Gasteiger partial charge in [0, 0.05) is 19.0 Å². The van der Waals surface area contributed by atoms with E-state index < -0.39 is 6.10 Å². The number of rotatable bonds is 2. The lowest BCUT2D eigenvalue weighted by atomic mass is 10.0. The molecule has 3 aliphatic rings. The van der Waals surface area contributed by atoms with E-state index in [1.165, 1.54) is 0 Å². The highest BCUT2D eigenvalue weighted by atomic mass is 16.5. The van der Waals surface area contributed by atoms with Crippen LogP contribution in [0.5, 0.6) is 5.75 Å². The van der Waals surface area contributed by atoms with Crippen molar-refractivity contribution < 1.29 is 19.1 Å². The fourth-order valence-electron chi connectivity index (χ4n) is 3.95. The van der Waals surface area contributed by atoms with Crippen LogP contribution in [-0.4, -0.2) is 55.7 Å². The molecule has 2 aliphatic heterocycles. The minimum atomic E-state index is -0.640. The molecule has 0 unspecified atom stereocenters. The first-order valence-electron chi connectivity index (χ1n) is 9.17. The molecule has 4 rings (SSSR count). The second kappa shape index (κ2) is 7.04. The first kappa shape index (κ1) is 16.4. The van der Waals surface area contributed by atoms with Crippen molar-refractivity contribution in [1.29, 1.82) is 0 Å². The number of carbonyl (C=O) groups is 2. The molecule has 1 saturated heterocycles. The van der Waals surface area contributed by atoms with Gasteiger partial charge < -0.3 is 19.3 Å². The van der Waals surface area contributed by atoms with Gasteiger partial charge in [0.2, 0.25) is 5.91 Å². The Bertz CT molecular complexity index is 651. The van der Waals surface area contributed by atoms with Gasteiger partial charge >= 0.3 is 0 Å². The predicted molar refractivity (Wildman–Crippen MR) is 92.6 cm³/mol. The summed E-state index contributed by atoms with van der Waals surface area (Å²) in [6.45, 7) is 2.57. The molecule has 2 amide bonds. The lowest BCUT2D eigenvalue weighted by Crippen LogP contribution is -2.54. The highest BCUT2D eigenvalue weighted by Crippen LogP contribution is 2.36. The topological polar surface area (TPSA) is 59.1 Å². The summed E-state index contributed by atoms with van der Waals surface area (Å²) >= 11 is 0. The summed E-state index contributed by atoms with van der Waals surface area (Å²) in [5.41, 5.74) is 0.783. The molecule has 1 atom stereocenters. The second-order valence-electron chi connectivity index (χ2n) is 6.94. The molecule has 1 saturated carbocycles. The Balaban J connectivity index is 1.57. The average molecular weight is 344 g/mol. The van der Waals surface area contributed by atoms with Crippen LogP contribution in [0.15, 0.2) is 24.3 Å². The van der Waals surface area contributed by atoms with Gasteiger partial charge in [0.25, 0.3) is 5.91 Å². The Morgan fingerprint density at radius 1 is 1.00 bits per heavy atom. The first-order chi connectivity index (χ1) is 12.2. The van der Waals surface area contributed by atoms with E-state index in [2.05, 4.69) is 0 Å². The molecule has 0 N–H and O–H groups in total. The molecule has 0 aromatic heterocycles. The smallest absolute Gasteiger partial charge is 0.265 e. The maximum absolute atomic E-state index is 13.0. The van der Waals surface area contributed by atoms with Crippen molar-refractivity contribution in [3.8, 4) is 5.75 Å². The van der Waals surface area contributed by atoms with Crippen LogP contribution in [-0.2, 0) is 14.3 Å². The Morgan fingerprint density at radius 2 is 1.72 bits per heavy atom. The molecule has 1 aromatic rings. The van der Waals surface area contributed by atoms with E-state index in [1.807, 2.05) is 24.3 Å². The molecular formula is C19H24N2O4. The molecule has 0 spiro atoms. The van der Waals surface area contributed by atoms with E-state index in [1.54, 1.807) is 9.80 Å². The number of hydrogen-bond donors (Lipinski definition) is 0. The number of nitrogens with zero attached hydrogens (tertiary/aromatic N) is 2. The van der Waals surface area contributed by atoms with E-state index in [4.69, 9.17) is 9.47 Å². The quantitative estimate of drug-likeness (QED) is 0.821. The predicted octanol–water partition coefficient (Wildman–Crippen LogP) is 1.83. The number of para-hydroxylation sites is 2. The fourth-order valence-corrected chi connectivity index (χ4v) is 3.95. The first-order valence-corrected chi connectivity index (χ1v) is 9.17. The lowest BCUT2D eigenvalue weighted by Gasteiger charge is -2.38. The summed E-state index contributed by atoms with van der Waals surface area (Å²) in [5, 5.41) is 0. The zero-order valence-corrected chi connectivity index (χ0v) is 14.4. The molecule has 6 nitrogen and oxygen atoms in total. The molecule has 25 heavy (non-hydrogen) atoms. The Morgan fingerprint density at radius 3 is 2.48 bits per heavy atom. The molecule has 0 bridgehead atoms. The lowest BCUT2D eigenvalue weighted by molar-refractivity contribution is -0.143. The van der Waals surface area contributed by atoms with Crippen molar-refractivity contribution in [2.75, 3.05) is 37.7 Å². The number of anilines is 1. The van der Waals surface area contributed by atoms with E-state index in [9.17, 15) is 9.59 Å². The van der Waals surface area contributed by atoms with Crippen LogP contribution in [0.25, 0.3) is 0 Å². The van der Waals surface area contributed by atoms with Crippen LogP contribution in [0.3, 0.4) is 0 Å². The van der Waals surface area contributed by atoms with Crippen LogP contribution < -0.4 is 9.64 Å².